The lowest BCUT2D eigenvalue weighted by molar-refractivity contribution is -0.116. The van der Waals surface area contributed by atoms with E-state index >= 15 is 0 Å². The number of carbonyl (C=O) groups is 3. The number of benzene rings is 1. The minimum atomic E-state index is -0.627. The number of pyridine rings is 1. The van der Waals surface area contributed by atoms with Crippen molar-refractivity contribution >= 4 is 23.2 Å². The van der Waals surface area contributed by atoms with Crippen LogP contribution < -0.4 is 5.32 Å². The van der Waals surface area contributed by atoms with Gasteiger partial charge in [0.15, 0.2) is 0 Å². The summed E-state index contributed by atoms with van der Waals surface area (Å²) in [7, 11) is 1.68. The molecule has 0 fully saturated rings. The molecular weight excluding hydrogens is 433 g/mol. The Morgan fingerprint density at radius 3 is 2.32 bits per heavy atom. The lowest BCUT2D eigenvalue weighted by atomic mass is 9.81. The summed E-state index contributed by atoms with van der Waals surface area (Å²) >= 11 is 0. The zero-order valence-corrected chi connectivity index (χ0v) is 20.7. The van der Waals surface area contributed by atoms with Crippen molar-refractivity contribution in [1.82, 2.24) is 9.55 Å². The standard InChI is InChI=1S/C27H30FN3O3/c1-15-8-11-22(29-14-15)27(5,6)13-21(32)25(33)23-17(3)24(31(7)18(23)4)26(34)30-19-9-10-20(28)16(2)12-19/h8-12,14H,13H2,1-7H3,(H,30,34). The summed E-state index contributed by atoms with van der Waals surface area (Å²) in [5.41, 5.74) is 3.44. The van der Waals surface area contributed by atoms with Gasteiger partial charge in [0.05, 0.1) is 5.56 Å². The highest BCUT2D eigenvalue weighted by Gasteiger charge is 2.33. The first-order valence-electron chi connectivity index (χ1n) is 11.1. The number of hydrogen-bond donors (Lipinski definition) is 1. The number of halogens is 1. The quantitative estimate of drug-likeness (QED) is 0.387. The number of nitrogens with zero attached hydrogens (tertiary/aromatic N) is 2. The van der Waals surface area contributed by atoms with E-state index < -0.39 is 22.9 Å². The van der Waals surface area contributed by atoms with Crippen molar-refractivity contribution in [2.45, 2.75) is 53.4 Å². The molecule has 1 N–H and O–H groups in total. The first kappa shape index (κ1) is 25.0. The fraction of sp³-hybridized carbons (Fsp3) is 0.333. The van der Waals surface area contributed by atoms with E-state index in [-0.39, 0.29) is 23.5 Å². The monoisotopic (exact) mass is 463 g/mol. The summed E-state index contributed by atoms with van der Waals surface area (Å²) in [4.78, 5) is 43.7. The summed E-state index contributed by atoms with van der Waals surface area (Å²) in [6.45, 7) is 10.7. The highest BCUT2D eigenvalue weighted by molar-refractivity contribution is 6.44. The molecule has 178 valence electrons. The van der Waals surface area contributed by atoms with Gasteiger partial charge in [-0.2, -0.15) is 0 Å². The van der Waals surface area contributed by atoms with Gasteiger partial charge in [0.2, 0.25) is 11.6 Å². The second kappa shape index (κ2) is 9.33. The number of Topliss-reactive ketones (excluding diaryl/α,β-unsaturated/α-hetero) is 2. The van der Waals surface area contributed by atoms with E-state index in [1.807, 2.05) is 32.9 Å². The number of aromatic nitrogens is 2. The van der Waals surface area contributed by atoms with E-state index in [9.17, 15) is 18.8 Å². The summed E-state index contributed by atoms with van der Waals surface area (Å²) in [6.07, 6.45) is 1.73. The molecule has 1 aromatic carbocycles. The van der Waals surface area contributed by atoms with Crippen LogP contribution in [-0.4, -0.2) is 27.0 Å². The van der Waals surface area contributed by atoms with Crippen LogP contribution in [-0.2, 0) is 17.3 Å². The van der Waals surface area contributed by atoms with E-state index in [1.54, 1.807) is 38.6 Å². The summed E-state index contributed by atoms with van der Waals surface area (Å²) < 4.78 is 15.2. The van der Waals surface area contributed by atoms with Crippen LogP contribution in [0.25, 0.3) is 0 Å². The third kappa shape index (κ3) is 4.83. The Kier molecular flexibility index (Phi) is 6.87. The molecule has 0 saturated heterocycles. The van der Waals surface area contributed by atoms with Gasteiger partial charge in [0, 0.05) is 42.2 Å². The minimum Gasteiger partial charge on any atom is -0.343 e. The second-order valence-corrected chi connectivity index (χ2v) is 9.44. The SMILES string of the molecule is Cc1ccc(C(C)(C)CC(=O)C(=O)c2c(C)c(C(=O)Nc3ccc(F)c(C)c3)n(C)c2C)nc1. The smallest absolute Gasteiger partial charge is 0.272 e. The molecule has 0 unspecified atom stereocenters. The van der Waals surface area contributed by atoms with Gasteiger partial charge >= 0.3 is 0 Å². The molecule has 0 spiro atoms. The van der Waals surface area contributed by atoms with Gasteiger partial charge in [-0.3, -0.25) is 19.4 Å². The Bertz CT molecular complexity index is 1290. The zero-order valence-electron chi connectivity index (χ0n) is 20.7. The number of anilines is 1. The molecule has 0 bridgehead atoms. The van der Waals surface area contributed by atoms with Crippen LogP contribution in [0.4, 0.5) is 10.1 Å². The van der Waals surface area contributed by atoms with E-state index in [4.69, 9.17) is 0 Å². The number of hydrogen-bond acceptors (Lipinski definition) is 4. The largest absolute Gasteiger partial charge is 0.343 e. The van der Waals surface area contributed by atoms with Crippen molar-refractivity contribution in [3.05, 3.63) is 81.7 Å². The maximum absolute atomic E-state index is 13.6. The molecule has 2 heterocycles. The van der Waals surface area contributed by atoms with Gasteiger partial charge in [0.1, 0.15) is 11.5 Å². The molecule has 7 heteroatoms. The number of amides is 1. The third-order valence-electron chi connectivity index (χ3n) is 6.25. The molecule has 6 nitrogen and oxygen atoms in total. The second-order valence-electron chi connectivity index (χ2n) is 9.44. The van der Waals surface area contributed by atoms with Crippen LogP contribution in [0.2, 0.25) is 0 Å². The third-order valence-corrected chi connectivity index (χ3v) is 6.25. The Morgan fingerprint density at radius 1 is 1.06 bits per heavy atom. The van der Waals surface area contributed by atoms with Crippen LogP contribution in [0, 0.1) is 33.5 Å². The summed E-state index contributed by atoms with van der Waals surface area (Å²) in [5.74, 6) is -1.96. The maximum Gasteiger partial charge on any atom is 0.272 e. The molecule has 0 aliphatic heterocycles. The highest BCUT2D eigenvalue weighted by atomic mass is 19.1. The fourth-order valence-corrected chi connectivity index (χ4v) is 4.13. The van der Waals surface area contributed by atoms with Crippen molar-refractivity contribution in [1.29, 1.82) is 0 Å². The van der Waals surface area contributed by atoms with Crippen LogP contribution in [0.1, 0.15) is 69.2 Å². The molecule has 0 radical (unpaired) electrons. The number of aryl methyl sites for hydroxylation is 2. The minimum absolute atomic E-state index is 0.00788. The predicted molar refractivity (Wildman–Crippen MR) is 130 cm³/mol. The maximum atomic E-state index is 13.6. The Labute approximate surface area is 199 Å². The molecule has 2 aromatic heterocycles. The molecule has 0 aliphatic carbocycles. The molecule has 1 amide bonds. The van der Waals surface area contributed by atoms with Gasteiger partial charge in [-0.15, -0.1) is 0 Å². The fourth-order valence-electron chi connectivity index (χ4n) is 4.13. The summed E-state index contributed by atoms with van der Waals surface area (Å²) in [6, 6.07) is 8.09. The Morgan fingerprint density at radius 2 is 1.74 bits per heavy atom. The predicted octanol–water partition coefficient (Wildman–Crippen LogP) is 5.16. The van der Waals surface area contributed by atoms with Gasteiger partial charge in [-0.05, 0) is 68.7 Å². The number of carbonyl (C=O) groups excluding carboxylic acids is 3. The first-order chi connectivity index (χ1) is 15.8. The Balaban J connectivity index is 1.87. The van der Waals surface area contributed by atoms with Gasteiger partial charge < -0.3 is 9.88 Å². The van der Waals surface area contributed by atoms with Crippen molar-refractivity contribution in [2.24, 2.45) is 7.05 Å². The molecule has 34 heavy (non-hydrogen) atoms. The normalized spacial score (nSPS) is 11.4. The Hall–Kier alpha value is -3.61. The molecular formula is C27H30FN3O3. The van der Waals surface area contributed by atoms with Crippen LogP contribution in [0.15, 0.2) is 36.5 Å². The molecule has 3 aromatic rings. The van der Waals surface area contributed by atoms with E-state index in [1.165, 1.54) is 18.2 Å². The van der Waals surface area contributed by atoms with Gasteiger partial charge in [0.25, 0.3) is 5.91 Å². The number of ketones is 2. The van der Waals surface area contributed by atoms with Crippen molar-refractivity contribution in [3.8, 4) is 0 Å². The average molecular weight is 464 g/mol. The van der Waals surface area contributed by atoms with Crippen LogP contribution in [0.3, 0.4) is 0 Å². The lowest BCUT2D eigenvalue weighted by Gasteiger charge is -2.23. The topological polar surface area (TPSA) is 81.1 Å². The summed E-state index contributed by atoms with van der Waals surface area (Å²) in [5, 5.41) is 2.75. The van der Waals surface area contributed by atoms with Crippen molar-refractivity contribution < 1.29 is 18.8 Å². The molecule has 3 rings (SSSR count). The van der Waals surface area contributed by atoms with Crippen LogP contribution >= 0.6 is 0 Å². The van der Waals surface area contributed by atoms with Gasteiger partial charge in [-0.25, -0.2) is 4.39 Å². The molecule has 0 aliphatic rings. The molecule has 0 atom stereocenters. The van der Waals surface area contributed by atoms with Gasteiger partial charge in [-0.1, -0.05) is 19.9 Å². The van der Waals surface area contributed by atoms with E-state index in [0.29, 0.717) is 22.5 Å². The number of rotatable bonds is 7. The molecule has 0 saturated carbocycles. The van der Waals surface area contributed by atoms with Crippen molar-refractivity contribution in [3.63, 3.8) is 0 Å². The van der Waals surface area contributed by atoms with Crippen LogP contribution in [0.5, 0.6) is 0 Å². The lowest BCUT2D eigenvalue weighted by Crippen LogP contribution is -2.28. The van der Waals surface area contributed by atoms with E-state index in [2.05, 4.69) is 10.3 Å². The highest BCUT2D eigenvalue weighted by Crippen LogP contribution is 2.29. The first-order valence-corrected chi connectivity index (χ1v) is 11.1. The van der Waals surface area contributed by atoms with Crippen molar-refractivity contribution in [2.75, 3.05) is 5.32 Å². The van der Waals surface area contributed by atoms with E-state index in [0.717, 1.165) is 11.3 Å². The zero-order chi connectivity index (χ0) is 25.4. The number of nitrogens with one attached hydrogen (secondary N) is 1. The average Bonchev–Trinajstić information content (AvgIpc) is 2.98.